The standard InChI is InChI=1S/C16H20ClN3O/c1-9-13(10-6-7-11(17)12(8-10)21-5)19-15(16(2,3)4)20-14(9)18/h6-8H,1-5H3,(H2,18,19,20). The first-order valence-corrected chi connectivity index (χ1v) is 7.10. The first kappa shape index (κ1) is 15.6. The summed E-state index contributed by atoms with van der Waals surface area (Å²) < 4.78 is 5.27. The number of halogens is 1. The zero-order valence-electron chi connectivity index (χ0n) is 13.0. The van der Waals surface area contributed by atoms with Crippen molar-refractivity contribution >= 4 is 17.4 Å². The van der Waals surface area contributed by atoms with Crippen molar-refractivity contribution in [1.82, 2.24) is 9.97 Å². The molecule has 0 saturated carbocycles. The van der Waals surface area contributed by atoms with Crippen LogP contribution >= 0.6 is 11.6 Å². The lowest BCUT2D eigenvalue weighted by atomic mass is 9.95. The van der Waals surface area contributed by atoms with Crippen LogP contribution in [-0.2, 0) is 5.41 Å². The van der Waals surface area contributed by atoms with Gasteiger partial charge < -0.3 is 10.5 Å². The largest absolute Gasteiger partial charge is 0.495 e. The van der Waals surface area contributed by atoms with Gasteiger partial charge in [-0.05, 0) is 19.1 Å². The second-order valence-corrected chi connectivity index (χ2v) is 6.41. The van der Waals surface area contributed by atoms with Crippen LogP contribution in [0.5, 0.6) is 5.75 Å². The third-order valence-corrected chi connectivity index (χ3v) is 3.59. The lowest BCUT2D eigenvalue weighted by Gasteiger charge is -2.19. The number of rotatable bonds is 2. The Balaban J connectivity index is 2.66. The fourth-order valence-electron chi connectivity index (χ4n) is 1.96. The lowest BCUT2D eigenvalue weighted by Crippen LogP contribution is -2.18. The van der Waals surface area contributed by atoms with Crippen LogP contribution < -0.4 is 10.5 Å². The fraction of sp³-hybridized carbons (Fsp3) is 0.375. The molecule has 0 amide bonds. The Labute approximate surface area is 130 Å². The highest BCUT2D eigenvalue weighted by Gasteiger charge is 2.21. The van der Waals surface area contributed by atoms with Crippen LogP contribution in [-0.4, -0.2) is 17.1 Å². The van der Waals surface area contributed by atoms with E-state index < -0.39 is 0 Å². The highest BCUT2D eigenvalue weighted by atomic mass is 35.5. The Kier molecular flexibility index (Phi) is 4.10. The molecular weight excluding hydrogens is 286 g/mol. The molecule has 0 fully saturated rings. The third kappa shape index (κ3) is 3.10. The normalized spacial score (nSPS) is 11.5. The summed E-state index contributed by atoms with van der Waals surface area (Å²) in [5.41, 5.74) is 8.45. The Morgan fingerprint density at radius 3 is 2.43 bits per heavy atom. The highest BCUT2D eigenvalue weighted by Crippen LogP contribution is 2.33. The van der Waals surface area contributed by atoms with Crippen molar-refractivity contribution in [1.29, 1.82) is 0 Å². The maximum absolute atomic E-state index is 6.08. The second kappa shape index (κ2) is 5.53. The van der Waals surface area contributed by atoms with Crippen LogP contribution in [0.25, 0.3) is 11.3 Å². The van der Waals surface area contributed by atoms with Gasteiger partial charge in [0, 0.05) is 16.5 Å². The maximum Gasteiger partial charge on any atom is 0.138 e. The summed E-state index contributed by atoms with van der Waals surface area (Å²) in [7, 11) is 1.59. The molecule has 1 aromatic carbocycles. The van der Waals surface area contributed by atoms with Gasteiger partial charge in [-0.15, -0.1) is 0 Å². The molecule has 4 nitrogen and oxygen atoms in total. The first-order chi connectivity index (χ1) is 9.74. The van der Waals surface area contributed by atoms with E-state index in [1.165, 1.54) is 0 Å². The van der Waals surface area contributed by atoms with Gasteiger partial charge in [-0.2, -0.15) is 0 Å². The molecule has 0 saturated heterocycles. The molecule has 0 bridgehead atoms. The summed E-state index contributed by atoms with van der Waals surface area (Å²) in [6.45, 7) is 8.09. The molecule has 21 heavy (non-hydrogen) atoms. The van der Waals surface area contributed by atoms with E-state index in [2.05, 4.69) is 30.7 Å². The summed E-state index contributed by atoms with van der Waals surface area (Å²) >= 11 is 6.08. The predicted octanol–water partition coefficient (Wildman–Crippen LogP) is 3.99. The number of nitrogens with two attached hydrogens (primary N) is 1. The number of ether oxygens (including phenoxy) is 1. The number of aromatic nitrogens is 2. The number of methoxy groups -OCH3 is 1. The Morgan fingerprint density at radius 2 is 1.86 bits per heavy atom. The number of hydrogen-bond donors (Lipinski definition) is 1. The molecule has 2 rings (SSSR count). The summed E-state index contributed by atoms with van der Waals surface area (Å²) in [5.74, 6) is 1.83. The Hall–Kier alpha value is -1.81. The predicted molar refractivity (Wildman–Crippen MR) is 86.9 cm³/mol. The van der Waals surface area contributed by atoms with Crippen LogP contribution in [0.4, 0.5) is 5.82 Å². The minimum Gasteiger partial charge on any atom is -0.495 e. The summed E-state index contributed by atoms with van der Waals surface area (Å²) in [5, 5.41) is 0.567. The van der Waals surface area contributed by atoms with Gasteiger partial charge in [0.1, 0.15) is 17.4 Å². The first-order valence-electron chi connectivity index (χ1n) is 6.72. The van der Waals surface area contributed by atoms with Crippen molar-refractivity contribution < 1.29 is 4.74 Å². The fourth-order valence-corrected chi connectivity index (χ4v) is 2.15. The number of nitrogens with zero attached hydrogens (tertiary/aromatic N) is 2. The SMILES string of the molecule is COc1cc(-c2nc(C(C)(C)C)nc(N)c2C)ccc1Cl. The molecule has 0 aliphatic rings. The van der Waals surface area contributed by atoms with Crippen molar-refractivity contribution in [3.63, 3.8) is 0 Å². The molecule has 0 aliphatic heterocycles. The van der Waals surface area contributed by atoms with Gasteiger partial charge in [0.25, 0.3) is 0 Å². The molecular formula is C16H20ClN3O. The quantitative estimate of drug-likeness (QED) is 0.911. The minimum atomic E-state index is -0.174. The van der Waals surface area contributed by atoms with Gasteiger partial charge in [0.05, 0.1) is 17.8 Å². The van der Waals surface area contributed by atoms with Gasteiger partial charge in [-0.3, -0.25) is 0 Å². The van der Waals surface area contributed by atoms with Crippen molar-refractivity contribution in [2.45, 2.75) is 33.1 Å². The van der Waals surface area contributed by atoms with E-state index in [0.717, 1.165) is 22.6 Å². The third-order valence-electron chi connectivity index (χ3n) is 3.28. The molecule has 1 aromatic heterocycles. The van der Waals surface area contributed by atoms with Crippen molar-refractivity contribution in [2.75, 3.05) is 12.8 Å². The highest BCUT2D eigenvalue weighted by molar-refractivity contribution is 6.32. The van der Waals surface area contributed by atoms with E-state index in [9.17, 15) is 0 Å². The van der Waals surface area contributed by atoms with Crippen molar-refractivity contribution in [3.8, 4) is 17.0 Å². The van der Waals surface area contributed by atoms with E-state index in [0.29, 0.717) is 16.6 Å². The Morgan fingerprint density at radius 1 is 1.19 bits per heavy atom. The van der Waals surface area contributed by atoms with Crippen molar-refractivity contribution in [2.24, 2.45) is 0 Å². The van der Waals surface area contributed by atoms with Crippen LogP contribution in [0, 0.1) is 6.92 Å². The van der Waals surface area contributed by atoms with Crippen LogP contribution in [0.3, 0.4) is 0 Å². The average molecular weight is 306 g/mol. The molecule has 2 N–H and O–H groups in total. The smallest absolute Gasteiger partial charge is 0.138 e. The van der Waals surface area contributed by atoms with Crippen LogP contribution in [0.1, 0.15) is 32.2 Å². The Bertz CT molecular complexity index is 678. The van der Waals surface area contributed by atoms with Gasteiger partial charge in [-0.1, -0.05) is 38.4 Å². The maximum atomic E-state index is 6.08. The summed E-state index contributed by atoms with van der Waals surface area (Å²) in [6.07, 6.45) is 0. The van der Waals surface area contributed by atoms with Gasteiger partial charge >= 0.3 is 0 Å². The number of hydrogen-bond acceptors (Lipinski definition) is 4. The van der Waals surface area contributed by atoms with E-state index in [1.807, 2.05) is 19.1 Å². The molecule has 112 valence electrons. The van der Waals surface area contributed by atoms with Gasteiger partial charge in [0.2, 0.25) is 0 Å². The van der Waals surface area contributed by atoms with Gasteiger partial charge in [-0.25, -0.2) is 9.97 Å². The monoisotopic (exact) mass is 305 g/mol. The van der Waals surface area contributed by atoms with E-state index in [4.69, 9.17) is 22.1 Å². The molecule has 2 aromatic rings. The van der Waals surface area contributed by atoms with Crippen LogP contribution in [0.2, 0.25) is 5.02 Å². The minimum absolute atomic E-state index is 0.174. The van der Waals surface area contributed by atoms with Gasteiger partial charge in [0.15, 0.2) is 0 Å². The molecule has 5 heteroatoms. The molecule has 0 atom stereocenters. The molecule has 0 unspecified atom stereocenters. The van der Waals surface area contributed by atoms with Crippen molar-refractivity contribution in [3.05, 3.63) is 34.6 Å². The number of benzene rings is 1. The summed E-state index contributed by atoms with van der Waals surface area (Å²) in [6, 6.07) is 5.57. The molecule has 0 spiro atoms. The van der Waals surface area contributed by atoms with E-state index >= 15 is 0 Å². The number of anilines is 1. The summed E-state index contributed by atoms with van der Waals surface area (Å²) in [4.78, 5) is 9.09. The zero-order chi connectivity index (χ0) is 15.8. The molecule has 0 aliphatic carbocycles. The number of nitrogen functional groups attached to an aromatic ring is 1. The molecule has 1 heterocycles. The zero-order valence-corrected chi connectivity index (χ0v) is 13.7. The lowest BCUT2D eigenvalue weighted by molar-refractivity contribution is 0.415. The van der Waals surface area contributed by atoms with Crippen LogP contribution in [0.15, 0.2) is 18.2 Å². The second-order valence-electron chi connectivity index (χ2n) is 6.01. The topological polar surface area (TPSA) is 61.0 Å². The molecule has 0 radical (unpaired) electrons. The average Bonchev–Trinajstić information content (AvgIpc) is 2.41. The van der Waals surface area contributed by atoms with E-state index in [-0.39, 0.29) is 5.41 Å². The van der Waals surface area contributed by atoms with E-state index in [1.54, 1.807) is 13.2 Å².